The molecule has 2 aromatic carbocycles. The minimum absolute atomic E-state index is 0.00396. The van der Waals surface area contributed by atoms with Crippen molar-refractivity contribution in [3.63, 3.8) is 0 Å². The molecule has 1 spiro atoms. The summed E-state index contributed by atoms with van der Waals surface area (Å²) in [6.07, 6.45) is 5.71. The summed E-state index contributed by atoms with van der Waals surface area (Å²) >= 11 is 1.65. The molecule has 3 saturated heterocycles. The molecule has 3 aliphatic rings. The van der Waals surface area contributed by atoms with Crippen molar-refractivity contribution in [3.05, 3.63) is 67.8 Å². The average Bonchev–Trinajstić information content (AvgIpc) is 3.58. The molecule has 1 N–H and O–H groups in total. The molecular formula is C31H37N3O4S. The Morgan fingerprint density at radius 2 is 1.87 bits per heavy atom. The molecule has 3 amide bonds. The number of benzene rings is 2. The third-order valence-electron chi connectivity index (χ3n) is 8.44. The summed E-state index contributed by atoms with van der Waals surface area (Å²) in [6.45, 7) is 10.9. The third kappa shape index (κ3) is 4.47. The highest BCUT2D eigenvalue weighted by atomic mass is 32.2. The summed E-state index contributed by atoms with van der Waals surface area (Å²) in [5.74, 6) is -1.46. The Morgan fingerprint density at radius 3 is 2.56 bits per heavy atom. The molecule has 0 aromatic heterocycles. The van der Waals surface area contributed by atoms with Crippen LogP contribution in [0.2, 0.25) is 0 Å². The second-order valence-electron chi connectivity index (χ2n) is 10.7. The van der Waals surface area contributed by atoms with Crippen molar-refractivity contribution in [1.82, 2.24) is 9.80 Å². The maximum absolute atomic E-state index is 14.5. The molecule has 5 rings (SSSR count). The van der Waals surface area contributed by atoms with Crippen LogP contribution in [-0.2, 0) is 14.4 Å². The number of hydrogen-bond donors (Lipinski definition) is 1. The Bertz CT molecular complexity index is 1300. The van der Waals surface area contributed by atoms with Gasteiger partial charge < -0.3 is 19.8 Å². The van der Waals surface area contributed by atoms with Crippen LogP contribution in [0.3, 0.4) is 0 Å². The van der Waals surface area contributed by atoms with Crippen molar-refractivity contribution in [3.8, 4) is 0 Å². The van der Waals surface area contributed by atoms with E-state index < -0.39 is 22.6 Å². The Labute approximate surface area is 234 Å². The van der Waals surface area contributed by atoms with Crippen molar-refractivity contribution in [2.24, 2.45) is 11.8 Å². The van der Waals surface area contributed by atoms with Crippen LogP contribution in [0.5, 0.6) is 0 Å². The predicted molar refractivity (Wildman–Crippen MR) is 156 cm³/mol. The van der Waals surface area contributed by atoms with Gasteiger partial charge in [0, 0.05) is 37.1 Å². The number of carbonyl (C=O) groups is 3. The van der Waals surface area contributed by atoms with Crippen molar-refractivity contribution in [1.29, 1.82) is 0 Å². The number of amides is 3. The van der Waals surface area contributed by atoms with Crippen molar-refractivity contribution in [2.45, 2.75) is 42.2 Å². The molecule has 0 aliphatic carbocycles. The van der Waals surface area contributed by atoms with Crippen LogP contribution >= 0.6 is 11.8 Å². The number of likely N-dealkylation sites (tertiary alicyclic amines) is 1. The average molecular weight is 548 g/mol. The smallest absolute Gasteiger partial charge is 0.251 e. The van der Waals surface area contributed by atoms with Crippen LogP contribution in [-0.4, -0.2) is 81.5 Å². The number of carbonyl (C=O) groups excluding carboxylic acids is 3. The van der Waals surface area contributed by atoms with Gasteiger partial charge in [0.1, 0.15) is 6.04 Å². The molecule has 5 atom stereocenters. The highest BCUT2D eigenvalue weighted by Gasteiger charge is 2.74. The normalized spacial score (nSPS) is 27.0. The number of nitrogens with zero attached hydrogens (tertiary/aromatic N) is 3. The second-order valence-corrected chi connectivity index (χ2v) is 12.3. The molecule has 8 heteroatoms. The van der Waals surface area contributed by atoms with Gasteiger partial charge in [-0.1, -0.05) is 49.4 Å². The van der Waals surface area contributed by atoms with Gasteiger partial charge in [0.05, 0.1) is 23.2 Å². The molecule has 0 radical (unpaired) electrons. The fourth-order valence-electron chi connectivity index (χ4n) is 6.93. The first-order chi connectivity index (χ1) is 18.9. The Morgan fingerprint density at radius 1 is 1.13 bits per heavy atom. The number of thioether (sulfide) groups is 1. The summed E-state index contributed by atoms with van der Waals surface area (Å²) < 4.78 is -0.698. The van der Waals surface area contributed by atoms with Crippen LogP contribution in [0.25, 0.3) is 10.8 Å². The topological polar surface area (TPSA) is 81.2 Å². The van der Waals surface area contributed by atoms with Crippen LogP contribution in [0, 0.1) is 11.8 Å². The van der Waals surface area contributed by atoms with Gasteiger partial charge in [0.2, 0.25) is 11.8 Å². The number of β-amino-alcohol motifs (C(OH)–C–C–N with tert-alkyl or cyclic N) is 1. The minimum Gasteiger partial charge on any atom is -0.395 e. The lowest BCUT2D eigenvalue weighted by molar-refractivity contribution is -0.144. The first-order valence-corrected chi connectivity index (χ1v) is 14.7. The number of hydrogen-bond acceptors (Lipinski definition) is 5. The third-order valence-corrected chi connectivity index (χ3v) is 10.4. The van der Waals surface area contributed by atoms with Gasteiger partial charge >= 0.3 is 0 Å². The largest absolute Gasteiger partial charge is 0.395 e. The maximum atomic E-state index is 14.5. The van der Waals surface area contributed by atoms with E-state index in [1.54, 1.807) is 38.6 Å². The monoisotopic (exact) mass is 547 g/mol. The Balaban J connectivity index is 1.54. The molecule has 39 heavy (non-hydrogen) atoms. The highest BCUT2D eigenvalue weighted by Crippen LogP contribution is 2.66. The molecule has 0 saturated carbocycles. The fraction of sp³-hybridized carbons (Fsp3) is 0.452. The van der Waals surface area contributed by atoms with E-state index in [-0.39, 0.29) is 42.7 Å². The lowest BCUT2D eigenvalue weighted by Gasteiger charge is -2.37. The number of aliphatic hydroxyl groups excluding tert-OH is 1. The zero-order chi connectivity index (χ0) is 27.7. The van der Waals surface area contributed by atoms with E-state index in [1.807, 2.05) is 49.4 Å². The van der Waals surface area contributed by atoms with Gasteiger partial charge in [0.25, 0.3) is 5.91 Å². The van der Waals surface area contributed by atoms with Gasteiger partial charge in [0.15, 0.2) is 0 Å². The highest BCUT2D eigenvalue weighted by molar-refractivity contribution is 8.02. The molecule has 2 aromatic rings. The number of fused-ring (bicyclic) bond motifs is 2. The molecule has 3 aliphatic heterocycles. The number of rotatable bonds is 11. The fourth-order valence-corrected chi connectivity index (χ4v) is 9.14. The van der Waals surface area contributed by atoms with Crippen molar-refractivity contribution < 1.29 is 19.5 Å². The molecular weight excluding hydrogens is 510 g/mol. The minimum atomic E-state index is -0.764. The first kappa shape index (κ1) is 27.5. The predicted octanol–water partition coefficient (Wildman–Crippen LogP) is 3.87. The summed E-state index contributed by atoms with van der Waals surface area (Å²) in [6, 6.07) is 13.1. The van der Waals surface area contributed by atoms with E-state index in [0.29, 0.717) is 19.5 Å². The molecule has 3 heterocycles. The van der Waals surface area contributed by atoms with Crippen LogP contribution in [0.1, 0.15) is 26.2 Å². The summed E-state index contributed by atoms with van der Waals surface area (Å²) in [5.41, 5.74) is 0.736. The van der Waals surface area contributed by atoms with E-state index >= 15 is 0 Å². The van der Waals surface area contributed by atoms with E-state index in [2.05, 4.69) is 13.2 Å². The van der Waals surface area contributed by atoms with Gasteiger partial charge in [-0.2, -0.15) is 0 Å². The summed E-state index contributed by atoms with van der Waals surface area (Å²) in [5, 5.41) is 12.0. The molecule has 3 fully saturated rings. The molecule has 2 bridgehead atoms. The quantitative estimate of drug-likeness (QED) is 0.432. The second kappa shape index (κ2) is 11.2. The number of anilines is 1. The molecule has 7 nitrogen and oxygen atoms in total. The Hall–Kier alpha value is -3.10. The van der Waals surface area contributed by atoms with Crippen molar-refractivity contribution >= 4 is 45.9 Å². The molecule has 206 valence electrons. The lowest BCUT2D eigenvalue weighted by atomic mass is 9.70. The first-order valence-electron chi connectivity index (χ1n) is 13.8. The summed E-state index contributed by atoms with van der Waals surface area (Å²) in [4.78, 5) is 47.5. The maximum Gasteiger partial charge on any atom is 0.251 e. The van der Waals surface area contributed by atoms with E-state index in [9.17, 15) is 19.5 Å². The summed E-state index contributed by atoms with van der Waals surface area (Å²) in [7, 11) is 0. The Kier molecular flexibility index (Phi) is 7.87. The van der Waals surface area contributed by atoms with Crippen LogP contribution in [0.4, 0.5) is 5.69 Å². The van der Waals surface area contributed by atoms with Crippen LogP contribution in [0.15, 0.2) is 67.8 Å². The van der Waals surface area contributed by atoms with Crippen molar-refractivity contribution in [2.75, 3.05) is 37.7 Å². The zero-order valence-electron chi connectivity index (χ0n) is 22.5. The van der Waals surface area contributed by atoms with Gasteiger partial charge in [-0.3, -0.25) is 14.4 Å². The van der Waals surface area contributed by atoms with Gasteiger partial charge in [-0.15, -0.1) is 24.9 Å². The van der Waals surface area contributed by atoms with E-state index in [0.717, 1.165) is 29.3 Å². The van der Waals surface area contributed by atoms with Gasteiger partial charge in [-0.25, -0.2) is 0 Å². The SMILES string of the molecule is C=CCN(CCC)C(=O)[C@@H]1[C@H]2C(=O)N(CCO)C(C(=O)N(CC=C)c3ccc4ccccc4c3)C23CC[C@H]1S3. The molecule has 2 unspecified atom stereocenters. The van der Waals surface area contributed by atoms with E-state index in [4.69, 9.17) is 0 Å². The standard InChI is InChI=1S/C31H37N3O4S/c1-4-15-32(16-5-2)28(36)25-24-13-14-31(39-24)26(25)29(37)34(18-19-35)27(31)30(38)33(17-6-3)23-12-11-21-9-7-8-10-22(21)20-23/h4,6-12,20,24-27,35H,1,3,5,13-19H2,2H3/t24-,25+,26+,27?,31?/m1/s1. The van der Waals surface area contributed by atoms with Crippen LogP contribution < -0.4 is 4.90 Å². The van der Waals surface area contributed by atoms with Gasteiger partial charge in [-0.05, 0) is 42.2 Å². The zero-order valence-corrected chi connectivity index (χ0v) is 23.3. The van der Waals surface area contributed by atoms with E-state index in [1.165, 1.54) is 0 Å². The number of aliphatic hydroxyl groups is 1. The lowest BCUT2D eigenvalue weighted by Crippen LogP contribution is -2.55.